The molecule has 0 aliphatic carbocycles. The number of rotatable bonds is 2. The number of carbonyl (C=O) groups is 1. The Bertz CT molecular complexity index is 948. The predicted octanol–water partition coefficient (Wildman–Crippen LogP) is -1.53. The van der Waals surface area contributed by atoms with Gasteiger partial charge in [0.2, 0.25) is 5.91 Å². The Hall–Kier alpha value is -3.30. The molecule has 23 heavy (non-hydrogen) atoms. The summed E-state index contributed by atoms with van der Waals surface area (Å²) in [5, 5.41) is 4.01. The van der Waals surface area contributed by atoms with Crippen LogP contribution in [0.2, 0.25) is 0 Å². The molecule has 0 saturated carbocycles. The highest BCUT2D eigenvalue weighted by Crippen LogP contribution is 2.17. The molecular weight excluding hydrogens is 304 g/mol. The molecule has 0 radical (unpaired) electrons. The van der Waals surface area contributed by atoms with Gasteiger partial charge in [-0.05, 0) is 12.1 Å². The highest BCUT2D eigenvalue weighted by atomic mass is 16.2. The maximum atomic E-state index is 11.8. The molecule has 2 aromatic rings. The van der Waals surface area contributed by atoms with Crippen molar-refractivity contribution < 1.29 is 4.79 Å². The second-order valence-corrected chi connectivity index (χ2v) is 5.06. The van der Waals surface area contributed by atoms with Gasteiger partial charge >= 0.3 is 17.1 Å². The maximum Gasteiger partial charge on any atom is 0.339 e. The van der Waals surface area contributed by atoms with Crippen LogP contribution in [0.5, 0.6) is 0 Å². The molecule has 1 aliphatic heterocycles. The SMILES string of the molecule is CC1CC(=O)NN=C1c1ccnc(-n2c(=O)[nH]c(=O)[nH]c2=O)c1. The van der Waals surface area contributed by atoms with Crippen LogP contribution in [0.3, 0.4) is 0 Å². The fraction of sp³-hybridized carbons (Fsp3) is 0.231. The van der Waals surface area contributed by atoms with Crippen LogP contribution in [-0.2, 0) is 4.79 Å². The van der Waals surface area contributed by atoms with Crippen molar-refractivity contribution in [2.75, 3.05) is 0 Å². The van der Waals surface area contributed by atoms with Crippen LogP contribution in [0.15, 0.2) is 37.8 Å². The van der Waals surface area contributed by atoms with E-state index in [-0.39, 0.29) is 24.1 Å². The average molecular weight is 316 g/mol. The molecule has 1 unspecified atom stereocenters. The van der Waals surface area contributed by atoms with Gasteiger partial charge in [-0.1, -0.05) is 6.92 Å². The third-order valence-electron chi connectivity index (χ3n) is 3.38. The molecule has 10 nitrogen and oxygen atoms in total. The van der Waals surface area contributed by atoms with E-state index >= 15 is 0 Å². The molecule has 10 heteroatoms. The molecule has 0 fully saturated rings. The van der Waals surface area contributed by atoms with E-state index in [0.29, 0.717) is 15.8 Å². The molecule has 0 spiro atoms. The van der Waals surface area contributed by atoms with Crippen LogP contribution in [0.4, 0.5) is 0 Å². The molecule has 118 valence electrons. The van der Waals surface area contributed by atoms with Crippen LogP contribution in [-0.4, -0.2) is 31.1 Å². The Kier molecular flexibility index (Phi) is 3.48. The summed E-state index contributed by atoms with van der Waals surface area (Å²) >= 11 is 0. The zero-order chi connectivity index (χ0) is 16.6. The Labute approximate surface area is 127 Å². The minimum atomic E-state index is -0.893. The molecule has 2 aromatic heterocycles. The Balaban J connectivity index is 2.12. The topological polar surface area (TPSA) is 142 Å². The van der Waals surface area contributed by atoms with Crippen LogP contribution >= 0.6 is 0 Å². The van der Waals surface area contributed by atoms with Crippen molar-refractivity contribution in [2.24, 2.45) is 11.0 Å². The number of carbonyl (C=O) groups excluding carboxylic acids is 1. The second-order valence-electron chi connectivity index (χ2n) is 5.06. The third-order valence-corrected chi connectivity index (χ3v) is 3.38. The van der Waals surface area contributed by atoms with Gasteiger partial charge in [0.15, 0.2) is 0 Å². The summed E-state index contributed by atoms with van der Waals surface area (Å²) in [6, 6.07) is 3.14. The summed E-state index contributed by atoms with van der Waals surface area (Å²) in [5.74, 6) is -0.259. The molecule has 0 aromatic carbocycles. The first-order valence-electron chi connectivity index (χ1n) is 6.74. The average Bonchev–Trinajstić information content (AvgIpc) is 2.46. The normalized spacial score (nSPS) is 17.5. The monoisotopic (exact) mass is 316 g/mol. The minimum absolute atomic E-state index is 0.0387. The van der Waals surface area contributed by atoms with Gasteiger partial charge < -0.3 is 0 Å². The largest absolute Gasteiger partial charge is 0.339 e. The zero-order valence-electron chi connectivity index (χ0n) is 12.0. The molecular formula is C13H12N6O4. The Morgan fingerprint density at radius 2 is 1.87 bits per heavy atom. The molecule has 1 atom stereocenters. The van der Waals surface area contributed by atoms with E-state index in [4.69, 9.17) is 0 Å². The molecule has 1 aliphatic rings. The maximum absolute atomic E-state index is 11.8. The van der Waals surface area contributed by atoms with Gasteiger partial charge in [0.1, 0.15) is 5.82 Å². The number of amides is 1. The van der Waals surface area contributed by atoms with E-state index in [2.05, 4.69) is 15.5 Å². The summed E-state index contributed by atoms with van der Waals surface area (Å²) in [6.07, 6.45) is 1.70. The minimum Gasteiger partial charge on any atom is -0.273 e. The van der Waals surface area contributed by atoms with Crippen LogP contribution in [0.1, 0.15) is 18.9 Å². The van der Waals surface area contributed by atoms with E-state index in [0.717, 1.165) is 0 Å². The Morgan fingerprint density at radius 3 is 2.52 bits per heavy atom. The number of aromatic nitrogens is 4. The van der Waals surface area contributed by atoms with Crippen molar-refractivity contribution in [2.45, 2.75) is 13.3 Å². The second kappa shape index (κ2) is 5.48. The lowest BCUT2D eigenvalue weighted by molar-refractivity contribution is -0.121. The van der Waals surface area contributed by atoms with Crippen molar-refractivity contribution in [1.82, 2.24) is 24.9 Å². The van der Waals surface area contributed by atoms with E-state index in [1.807, 2.05) is 16.9 Å². The van der Waals surface area contributed by atoms with Gasteiger partial charge in [-0.15, -0.1) is 0 Å². The number of nitrogens with one attached hydrogen (secondary N) is 3. The molecule has 0 bridgehead atoms. The Morgan fingerprint density at radius 1 is 1.17 bits per heavy atom. The van der Waals surface area contributed by atoms with Crippen LogP contribution in [0, 0.1) is 5.92 Å². The number of hydrogen-bond donors (Lipinski definition) is 3. The van der Waals surface area contributed by atoms with Crippen molar-refractivity contribution >= 4 is 11.6 Å². The fourth-order valence-electron chi connectivity index (χ4n) is 2.34. The van der Waals surface area contributed by atoms with Gasteiger partial charge in [-0.2, -0.15) is 9.67 Å². The summed E-state index contributed by atoms with van der Waals surface area (Å²) in [6.45, 7) is 1.84. The van der Waals surface area contributed by atoms with E-state index in [9.17, 15) is 19.2 Å². The molecule has 0 saturated heterocycles. The predicted molar refractivity (Wildman–Crippen MR) is 79.5 cm³/mol. The third kappa shape index (κ3) is 2.73. The van der Waals surface area contributed by atoms with Gasteiger partial charge in [0.05, 0.1) is 5.71 Å². The first kappa shape index (κ1) is 14.6. The fourth-order valence-corrected chi connectivity index (χ4v) is 2.34. The highest BCUT2D eigenvalue weighted by molar-refractivity contribution is 6.05. The number of hydrogen-bond acceptors (Lipinski definition) is 6. The highest BCUT2D eigenvalue weighted by Gasteiger charge is 2.22. The summed E-state index contributed by atoms with van der Waals surface area (Å²) < 4.78 is 0.706. The number of pyridine rings is 1. The first-order valence-corrected chi connectivity index (χ1v) is 6.74. The summed E-state index contributed by atoms with van der Waals surface area (Å²) in [7, 11) is 0. The standard InChI is InChI=1S/C13H12N6O4/c1-6-4-9(20)17-18-10(6)7-2-3-14-8(5-7)19-12(22)15-11(21)16-13(19)23/h2-3,5-6H,4H2,1H3,(H,17,20)(H2,15,16,21,22,23). The van der Waals surface area contributed by atoms with Crippen molar-refractivity contribution in [1.29, 1.82) is 0 Å². The van der Waals surface area contributed by atoms with Crippen molar-refractivity contribution in [3.8, 4) is 5.82 Å². The number of aromatic amines is 2. The summed E-state index contributed by atoms with van der Waals surface area (Å²) in [5.41, 5.74) is 0.944. The van der Waals surface area contributed by atoms with Crippen molar-refractivity contribution in [3.63, 3.8) is 0 Å². The number of H-pyrrole nitrogens is 2. The van der Waals surface area contributed by atoms with Crippen LogP contribution in [0.25, 0.3) is 5.82 Å². The van der Waals surface area contributed by atoms with E-state index < -0.39 is 17.1 Å². The molecule has 3 N–H and O–H groups in total. The van der Waals surface area contributed by atoms with Crippen molar-refractivity contribution in [3.05, 3.63) is 55.3 Å². The lowest BCUT2D eigenvalue weighted by Gasteiger charge is -2.19. The smallest absolute Gasteiger partial charge is 0.273 e. The first-order chi connectivity index (χ1) is 11.0. The number of hydrazone groups is 1. The lowest BCUT2D eigenvalue weighted by Crippen LogP contribution is -2.42. The molecule has 3 heterocycles. The van der Waals surface area contributed by atoms with E-state index in [1.54, 1.807) is 6.07 Å². The quantitative estimate of drug-likeness (QED) is 0.616. The summed E-state index contributed by atoms with van der Waals surface area (Å²) in [4.78, 5) is 53.9. The van der Waals surface area contributed by atoms with Gasteiger partial charge in [-0.25, -0.2) is 24.8 Å². The van der Waals surface area contributed by atoms with Gasteiger partial charge in [-0.3, -0.25) is 14.8 Å². The van der Waals surface area contributed by atoms with E-state index in [1.165, 1.54) is 12.3 Å². The molecule has 3 rings (SSSR count). The van der Waals surface area contributed by atoms with Gasteiger partial charge in [0.25, 0.3) is 0 Å². The van der Waals surface area contributed by atoms with Crippen LogP contribution < -0.4 is 22.5 Å². The number of nitrogens with zero attached hydrogens (tertiary/aromatic N) is 3. The lowest BCUT2D eigenvalue weighted by atomic mass is 9.95. The zero-order valence-corrected chi connectivity index (χ0v) is 12.0. The molecule has 1 amide bonds. The van der Waals surface area contributed by atoms with Gasteiger partial charge in [0, 0.05) is 24.1 Å².